The Labute approximate surface area is 156 Å². The number of thioether (sulfide) groups is 1. The Morgan fingerprint density at radius 2 is 1.56 bits per heavy atom. The van der Waals surface area contributed by atoms with E-state index in [1.807, 2.05) is 0 Å². The number of hydrogen-bond acceptors (Lipinski definition) is 4. The van der Waals surface area contributed by atoms with Crippen LogP contribution >= 0.6 is 11.8 Å². The molecule has 136 valence electrons. The van der Waals surface area contributed by atoms with Gasteiger partial charge in [0, 0.05) is 5.56 Å². The van der Waals surface area contributed by atoms with Gasteiger partial charge in [0.1, 0.15) is 0 Å². The first-order chi connectivity index (χ1) is 11.6. The van der Waals surface area contributed by atoms with Crippen molar-refractivity contribution in [3.63, 3.8) is 0 Å². The topological polar surface area (TPSA) is 34.0 Å². The van der Waals surface area contributed by atoms with E-state index in [1.54, 1.807) is 11.8 Å². The highest BCUT2D eigenvalue weighted by Gasteiger charge is 2.25. The average Bonchev–Trinajstić information content (AvgIpc) is 2.95. The summed E-state index contributed by atoms with van der Waals surface area (Å²) in [6, 6.07) is 6.94. The SMILES string of the molecule is CCN1CSc2nnc(-c3cc(C(C)(C)C)cc(C(C)(C)C)c3)n2C1. The van der Waals surface area contributed by atoms with Crippen molar-refractivity contribution in [2.24, 2.45) is 0 Å². The normalized spacial score (nSPS) is 16.1. The second kappa shape index (κ2) is 6.44. The lowest BCUT2D eigenvalue weighted by Gasteiger charge is -2.28. The molecule has 1 aromatic carbocycles. The minimum Gasteiger partial charge on any atom is -0.288 e. The number of rotatable bonds is 2. The van der Waals surface area contributed by atoms with Gasteiger partial charge in [0.25, 0.3) is 0 Å². The van der Waals surface area contributed by atoms with Gasteiger partial charge in [0.15, 0.2) is 11.0 Å². The van der Waals surface area contributed by atoms with E-state index < -0.39 is 0 Å². The molecule has 25 heavy (non-hydrogen) atoms. The highest BCUT2D eigenvalue weighted by Crippen LogP contribution is 2.35. The second-order valence-electron chi connectivity index (χ2n) is 8.94. The lowest BCUT2D eigenvalue weighted by Crippen LogP contribution is -2.30. The van der Waals surface area contributed by atoms with Gasteiger partial charge in [-0.3, -0.25) is 9.47 Å². The summed E-state index contributed by atoms with van der Waals surface area (Å²) in [5, 5.41) is 10.0. The predicted octanol–water partition coefficient (Wildman–Crippen LogP) is 4.88. The molecule has 0 spiro atoms. The Morgan fingerprint density at radius 1 is 0.960 bits per heavy atom. The molecule has 4 nitrogen and oxygen atoms in total. The molecule has 0 unspecified atom stereocenters. The molecule has 0 aliphatic carbocycles. The largest absolute Gasteiger partial charge is 0.288 e. The van der Waals surface area contributed by atoms with E-state index in [1.165, 1.54) is 16.7 Å². The minimum atomic E-state index is 0.102. The number of benzene rings is 1. The monoisotopic (exact) mass is 358 g/mol. The maximum Gasteiger partial charge on any atom is 0.193 e. The Hall–Kier alpha value is -1.33. The predicted molar refractivity (Wildman–Crippen MR) is 106 cm³/mol. The molecule has 1 aliphatic heterocycles. The van der Waals surface area contributed by atoms with Crippen LogP contribution in [0.4, 0.5) is 0 Å². The summed E-state index contributed by atoms with van der Waals surface area (Å²) in [7, 11) is 0. The molecule has 0 radical (unpaired) electrons. The van der Waals surface area contributed by atoms with Crippen molar-refractivity contribution in [1.82, 2.24) is 19.7 Å². The Balaban J connectivity index is 2.13. The summed E-state index contributed by atoms with van der Waals surface area (Å²) in [5.74, 6) is 1.97. The molecule has 5 heteroatoms. The Morgan fingerprint density at radius 3 is 2.08 bits per heavy atom. The van der Waals surface area contributed by atoms with Crippen LogP contribution in [0.2, 0.25) is 0 Å². The van der Waals surface area contributed by atoms with Crippen LogP contribution in [0.1, 0.15) is 59.6 Å². The van der Waals surface area contributed by atoms with Crippen molar-refractivity contribution in [3.05, 3.63) is 29.3 Å². The van der Waals surface area contributed by atoms with E-state index in [4.69, 9.17) is 0 Å². The first kappa shape index (κ1) is 18.5. The van der Waals surface area contributed by atoms with Crippen LogP contribution in [0.3, 0.4) is 0 Å². The second-order valence-corrected chi connectivity index (χ2v) is 9.85. The van der Waals surface area contributed by atoms with Gasteiger partial charge in [-0.15, -0.1) is 10.2 Å². The van der Waals surface area contributed by atoms with E-state index in [0.29, 0.717) is 0 Å². The van der Waals surface area contributed by atoms with Crippen LogP contribution in [0, 0.1) is 0 Å². The molecule has 2 aromatic rings. The van der Waals surface area contributed by atoms with E-state index in [0.717, 1.165) is 30.1 Å². The average molecular weight is 359 g/mol. The fourth-order valence-corrected chi connectivity index (χ4v) is 3.90. The van der Waals surface area contributed by atoms with Crippen LogP contribution in [-0.2, 0) is 17.5 Å². The smallest absolute Gasteiger partial charge is 0.193 e. The first-order valence-electron chi connectivity index (χ1n) is 9.04. The van der Waals surface area contributed by atoms with E-state index in [9.17, 15) is 0 Å². The molecule has 1 aromatic heterocycles. The molecule has 0 saturated heterocycles. The molecule has 0 amide bonds. The lowest BCUT2D eigenvalue weighted by molar-refractivity contribution is 0.252. The molecule has 1 aliphatic rings. The van der Waals surface area contributed by atoms with Crippen LogP contribution in [0.15, 0.2) is 23.4 Å². The highest BCUT2D eigenvalue weighted by atomic mass is 32.2. The zero-order valence-corrected chi connectivity index (χ0v) is 17.4. The van der Waals surface area contributed by atoms with E-state index >= 15 is 0 Å². The van der Waals surface area contributed by atoms with Gasteiger partial charge in [-0.2, -0.15) is 0 Å². The fraction of sp³-hybridized carbons (Fsp3) is 0.600. The summed E-state index contributed by atoms with van der Waals surface area (Å²) in [6.45, 7) is 17.7. The number of fused-ring (bicyclic) bond motifs is 1. The first-order valence-corrected chi connectivity index (χ1v) is 10.0. The van der Waals surface area contributed by atoms with Gasteiger partial charge in [0.05, 0.1) is 12.5 Å². The van der Waals surface area contributed by atoms with Gasteiger partial charge in [-0.1, -0.05) is 66.3 Å². The van der Waals surface area contributed by atoms with Gasteiger partial charge < -0.3 is 0 Å². The number of hydrogen-bond donors (Lipinski definition) is 0. The van der Waals surface area contributed by atoms with Crippen LogP contribution in [0.25, 0.3) is 11.4 Å². The molecule has 3 rings (SSSR count). The zero-order valence-electron chi connectivity index (χ0n) is 16.6. The zero-order chi connectivity index (χ0) is 18.4. The van der Waals surface area contributed by atoms with Gasteiger partial charge >= 0.3 is 0 Å². The molecule has 0 N–H and O–H groups in total. The summed E-state index contributed by atoms with van der Waals surface area (Å²) < 4.78 is 2.26. The summed E-state index contributed by atoms with van der Waals surface area (Å²) >= 11 is 1.77. The maximum absolute atomic E-state index is 4.55. The Kier molecular flexibility index (Phi) is 4.75. The molecular formula is C20H30N4S. The third-order valence-corrected chi connectivity index (χ3v) is 5.86. The quantitative estimate of drug-likeness (QED) is 0.766. The van der Waals surface area contributed by atoms with Crippen molar-refractivity contribution in [1.29, 1.82) is 0 Å². The van der Waals surface area contributed by atoms with Crippen molar-refractivity contribution < 1.29 is 0 Å². The number of nitrogens with zero attached hydrogens (tertiary/aromatic N) is 4. The van der Waals surface area contributed by atoms with Crippen molar-refractivity contribution in [2.75, 3.05) is 12.4 Å². The summed E-state index contributed by atoms with van der Waals surface area (Å²) in [6.07, 6.45) is 0. The molecule has 0 fully saturated rings. The van der Waals surface area contributed by atoms with E-state index in [2.05, 4.69) is 86.3 Å². The van der Waals surface area contributed by atoms with Crippen molar-refractivity contribution in [3.8, 4) is 11.4 Å². The standard InChI is InChI=1S/C20H30N4S/c1-8-23-12-24-17(21-22-18(24)25-13-23)14-9-15(19(2,3)4)11-16(10-14)20(5,6)7/h9-11H,8,12-13H2,1-7H3. The molecule has 0 atom stereocenters. The summed E-state index contributed by atoms with van der Waals surface area (Å²) in [4.78, 5) is 2.41. The van der Waals surface area contributed by atoms with Crippen LogP contribution < -0.4 is 0 Å². The Bertz CT molecular complexity index is 733. The third-order valence-electron chi connectivity index (χ3n) is 4.80. The fourth-order valence-electron chi connectivity index (χ4n) is 2.94. The van der Waals surface area contributed by atoms with Gasteiger partial charge in [-0.25, -0.2) is 0 Å². The van der Waals surface area contributed by atoms with Crippen molar-refractivity contribution >= 4 is 11.8 Å². The number of aromatic nitrogens is 3. The molecular weight excluding hydrogens is 328 g/mol. The molecule has 0 bridgehead atoms. The van der Waals surface area contributed by atoms with Gasteiger partial charge in [-0.05, 0) is 40.6 Å². The molecule has 2 heterocycles. The van der Waals surface area contributed by atoms with E-state index in [-0.39, 0.29) is 10.8 Å². The lowest BCUT2D eigenvalue weighted by atomic mass is 9.79. The third kappa shape index (κ3) is 3.77. The molecule has 0 saturated carbocycles. The van der Waals surface area contributed by atoms with Gasteiger partial charge in [0.2, 0.25) is 0 Å². The maximum atomic E-state index is 4.55. The summed E-state index contributed by atoms with van der Waals surface area (Å²) in [5.41, 5.74) is 4.08. The van der Waals surface area contributed by atoms with Crippen LogP contribution in [0.5, 0.6) is 0 Å². The van der Waals surface area contributed by atoms with Crippen molar-refractivity contribution in [2.45, 2.75) is 71.1 Å². The van der Waals surface area contributed by atoms with Crippen LogP contribution in [-0.4, -0.2) is 32.1 Å². The highest BCUT2D eigenvalue weighted by molar-refractivity contribution is 7.99. The minimum absolute atomic E-state index is 0.102.